The summed E-state index contributed by atoms with van der Waals surface area (Å²) in [5, 5.41) is 0. The molecule has 0 radical (unpaired) electrons. The zero-order chi connectivity index (χ0) is 14.8. The normalized spacial score (nSPS) is 33.5. The van der Waals surface area contributed by atoms with Gasteiger partial charge in [-0.25, -0.2) is 0 Å². The lowest BCUT2D eigenvalue weighted by Gasteiger charge is -2.46. The van der Waals surface area contributed by atoms with Gasteiger partial charge in [0.1, 0.15) is 11.4 Å². The minimum absolute atomic E-state index is 1.31. The average molecular weight is 301 g/mol. The van der Waals surface area contributed by atoms with Gasteiger partial charge in [0.05, 0.1) is 18.8 Å². The van der Waals surface area contributed by atoms with E-state index in [-0.39, 0.29) is 0 Å². The van der Waals surface area contributed by atoms with Gasteiger partial charge in [0.25, 0.3) is 0 Å². The average Bonchev–Trinajstić information content (AvgIpc) is 2.93. The molecular weight excluding hydrogens is 268 g/mol. The maximum atomic E-state index is 2.79. The molecule has 1 atom stereocenters. The molecule has 1 unspecified atom stereocenters. The third-order valence-electron chi connectivity index (χ3n) is 6.56. The topological polar surface area (TPSA) is 3.24 Å². The van der Waals surface area contributed by atoms with E-state index in [9.17, 15) is 0 Å². The van der Waals surface area contributed by atoms with Crippen molar-refractivity contribution in [2.24, 2.45) is 0 Å². The van der Waals surface area contributed by atoms with Crippen molar-refractivity contribution in [3.63, 3.8) is 0 Å². The van der Waals surface area contributed by atoms with E-state index in [1.807, 2.05) is 5.70 Å². The maximum Gasteiger partial charge on any atom is 0.133 e. The lowest BCUT2D eigenvalue weighted by molar-refractivity contribution is -0.860. The molecule has 4 aliphatic rings. The highest BCUT2D eigenvalue weighted by atomic mass is 15.4. The summed E-state index contributed by atoms with van der Waals surface area (Å²) < 4.78 is 1.31. The monoisotopic (exact) mass is 301 g/mol. The molecule has 0 amide bonds. The number of quaternary nitrogens is 1. The van der Waals surface area contributed by atoms with Crippen LogP contribution in [0.1, 0.15) is 77.0 Å². The van der Waals surface area contributed by atoms with Gasteiger partial charge in [-0.15, -0.1) is 0 Å². The lowest BCUT2D eigenvalue weighted by atomic mass is 9.96. The third-order valence-corrected chi connectivity index (χ3v) is 6.56. The molecular formula is C20H33N2+. The van der Waals surface area contributed by atoms with Crippen LogP contribution in [0.2, 0.25) is 0 Å². The maximum absolute atomic E-state index is 2.79. The SMILES string of the molecule is C1=C2CCCCC[N+]2(C2=C3CCCCCN3CCC2)CCC1. The summed E-state index contributed by atoms with van der Waals surface area (Å²) in [6, 6.07) is 0. The Labute approximate surface area is 136 Å². The molecule has 2 heteroatoms. The van der Waals surface area contributed by atoms with Gasteiger partial charge in [-0.1, -0.05) is 6.42 Å². The first-order chi connectivity index (χ1) is 10.9. The first kappa shape index (κ1) is 14.8. The van der Waals surface area contributed by atoms with Gasteiger partial charge in [-0.3, -0.25) is 4.48 Å². The Balaban J connectivity index is 1.78. The predicted molar refractivity (Wildman–Crippen MR) is 92.1 cm³/mol. The van der Waals surface area contributed by atoms with E-state index in [0.29, 0.717) is 0 Å². The van der Waals surface area contributed by atoms with Crippen molar-refractivity contribution < 1.29 is 4.48 Å². The van der Waals surface area contributed by atoms with Crippen LogP contribution in [0.15, 0.2) is 23.2 Å². The van der Waals surface area contributed by atoms with Crippen molar-refractivity contribution in [1.82, 2.24) is 4.90 Å². The summed E-state index contributed by atoms with van der Waals surface area (Å²) in [6.07, 6.45) is 19.5. The van der Waals surface area contributed by atoms with E-state index >= 15 is 0 Å². The second kappa shape index (κ2) is 6.39. The van der Waals surface area contributed by atoms with E-state index in [1.54, 1.807) is 11.4 Å². The molecule has 0 aromatic carbocycles. The van der Waals surface area contributed by atoms with Crippen LogP contribution in [0, 0.1) is 0 Å². The molecule has 0 N–H and O–H groups in total. The van der Waals surface area contributed by atoms with Crippen molar-refractivity contribution in [1.29, 1.82) is 0 Å². The van der Waals surface area contributed by atoms with Gasteiger partial charge < -0.3 is 4.90 Å². The van der Waals surface area contributed by atoms with Gasteiger partial charge in [0, 0.05) is 32.4 Å². The highest BCUT2D eigenvalue weighted by molar-refractivity contribution is 5.16. The van der Waals surface area contributed by atoms with Crippen LogP contribution in [0.4, 0.5) is 0 Å². The fourth-order valence-corrected chi connectivity index (χ4v) is 5.51. The quantitative estimate of drug-likeness (QED) is 0.620. The molecule has 0 aromatic rings. The second-order valence-electron chi connectivity index (χ2n) is 7.86. The van der Waals surface area contributed by atoms with Crippen LogP contribution in [0.25, 0.3) is 0 Å². The molecule has 0 spiro atoms. The second-order valence-corrected chi connectivity index (χ2v) is 7.86. The molecule has 0 aliphatic carbocycles. The number of fused-ring (bicyclic) bond motifs is 2. The third kappa shape index (κ3) is 2.54. The minimum atomic E-state index is 1.31. The zero-order valence-electron chi connectivity index (χ0n) is 14.3. The van der Waals surface area contributed by atoms with Crippen LogP contribution >= 0.6 is 0 Å². The van der Waals surface area contributed by atoms with E-state index in [0.717, 1.165) is 0 Å². The Kier molecular flexibility index (Phi) is 4.30. The van der Waals surface area contributed by atoms with Gasteiger partial charge in [0.2, 0.25) is 0 Å². The molecule has 0 bridgehead atoms. The standard InChI is InChI=1S/C20H33N2/c1-4-12-19-20(13-9-15-21(19)14-6-1)22-16-7-2-3-10-18(22)11-5-8-17-22/h11H,1-10,12-17H2/q+1. The van der Waals surface area contributed by atoms with Crippen LogP contribution in [-0.2, 0) is 0 Å². The molecule has 2 nitrogen and oxygen atoms in total. The van der Waals surface area contributed by atoms with E-state index in [1.165, 1.54) is 108 Å². The number of allylic oxidation sites excluding steroid dienone is 4. The summed E-state index contributed by atoms with van der Waals surface area (Å²) in [7, 11) is 0. The Morgan fingerprint density at radius 2 is 1.55 bits per heavy atom. The predicted octanol–water partition coefficient (Wildman–Crippen LogP) is 4.94. The van der Waals surface area contributed by atoms with Gasteiger partial charge >= 0.3 is 0 Å². The van der Waals surface area contributed by atoms with Crippen molar-refractivity contribution in [2.75, 3.05) is 26.2 Å². The highest BCUT2D eigenvalue weighted by Gasteiger charge is 2.42. The molecule has 2 saturated heterocycles. The number of hydrogen-bond acceptors (Lipinski definition) is 1. The van der Waals surface area contributed by atoms with Gasteiger partial charge in [-0.05, 0) is 57.4 Å². The summed E-state index contributed by atoms with van der Waals surface area (Å²) in [6.45, 7) is 5.47. The Morgan fingerprint density at radius 1 is 0.727 bits per heavy atom. The molecule has 2 fully saturated rings. The summed E-state index contributed by atoms with van der Waals surface area (Å²) >= 11 is 0. The van der Waals surface area contributed by atoms with Crippen molar-refractivity contribution in [3.05, 3.63) is 23.2 Å². The number of hydrogen-bond donors (Lipinski definition) is 0. The molecule has 22 heavy (non-hydrogen) atoms. The van der Waals surface area contributed by atoms with Crippen molar-refractivity contribution >= 4 is 0 Å². The number of nitrogens with zero attached hydrogens (tertiary/aromatic N) is 2. The van der Waals surface area contributed by atoms with Crippen LogP contribution < -0.4 is 0 Å². The van der Waals surface area contributed by atoms with Crippen molar-refractivity contribution in [2.45, 2.75) is 77.0 Å². The zero-order valence-corrected chi connectivity index (χ0v) is 14.3. The largest absolute Gasteiger partial charge is 0.370 e. The van der Waals surface area contributed by atoms with E-state index in [4.69, 9.17) is 0 Å². The van der Waals surface area contributed by atoms with E-state index < -0.39 is 0 Å². The number of rotatable bonds is 1. The van der Waals surface area contributed by atoms with E-state index in [2.05, 4.69) is 11.0 Å². The Morgan fingerprint density at radius 3 is 2.55 bits per heavy atom. The summed E-state index contributed by atoms with van der Waals surface area (Å²) in [5.74, 6) is 0. The fourth-order valence-electron chi connectivity index (χ4n) is 5.51. The highest BCUT2D eigenvalue weighted by Crippen LogP contribution is 2.43. The van der Waals surface area contributed by atoms with Crippen LogP contribution in [-0.4, -0.2) is 35.6 Å². The Bertz CT molecular complexity index is 476. The molecule has 0 aromatic heterocycles. The van der Waals surface area contributed by atoms with Gasteiger partial charge in [0.15, 0.2) is 0 Å². The smallest absolute Gasteiger partial charge is 0.133 e. The molecule has 4 aliphatic heterocycles. The molecule has 0 saturated carbocycles. The lowest BCUT2D eigenvalue weighted by Crippen LogP contribution is -2.51. The first-order valence-electron chi connectivity index (χ1n) is 9.94. The Hall–Kier alpha value is -0.760. The van der Waals surface area contributed by atoms with Crippen LogP contribution in [0.3, 0.4) is 0 Å². The minimum Gasteiger partial charge on any atom is -0.370 e. The van der Waals surface area contributed by atoms with Crippen molar-refractivity contribution in [3.8, 4) is 0 Å². The molecule has 122 valence electrons. The molecule has 4 heterocycles. The first-order valence-corrected chi connectivity index (χ1v) is 9.94. The summed E-state index contributed by atoms with van der Waals surface area (Å²) in [5.41, 5.74) is 5.46. The van der Waals surface area contributed by atoms with Gasteiger partial charge in [-0.2, -0.15) is 0 Å². The summed E-state index contributed by atoms with van der Waals surface area (Å²) in [4.78, 5) is 2.79. The molecule has 4 rings (SSSR count). The van der Waals surface area contributed by atoms with Crippen LogP contribution in [0.5, 0.6) is 0 Å². The fraction of sp³-hybridized carbons (Fsp3) is 0.800.